The van der Waals surface area contributed by atoms with Crippen LogP contribution in [0.15, 0.2) is 24.3 Å². The van der Waals surface area contributed by atoms with E-state index in [2.05, 4.69) is 39.5 Å². The molecule has 1 aliphatic rings. The van der Waals surface area contributed by atoms with Crippen LogP contribution in [0, 0.1) is 13.8 Å². The lowest BCUT2D eigenvalue weighted by atomic mass is 10.0. The maximum atomic E-state index is 5.52. The smallest absolute Gasteiger partial charge is 0.118 e. The first kappa shape index (κ1) is 20.7. The third-order valence-corrected chi connectivity index (χ3v) is 4.91. The molecule has 1 saturated heterocycles. The second-order valence-corrected chi connectivity index (χ2v) is 6.48. The highest BCUT2D eigenvalue weighted by Crippen LogP contribution is 2.24. The Balaban J connectivity index is 0.00000243. The zero-order valence-corrected chi connectivity index (χ0v) is 16.6. The number of aromatic nitrogens is 2. The molecule has 26 heavy (non-hydrogen) atoms. The van der Waals surface area contributed by atoms with Gasteiger partial charge in [0, 0.05) is 43.5 Å². The zero-order chi connectivity index (χ0) is 17.6. The number of methoxy groups -OCH3 is 1. The first-order chi connectivity index (χ1) is 12.2. The van der Waals surface area contributed by atoms with Crippen molar-refractivity contribution in [2.45, 2.75) is 26.4 Å². The lowest BCUT2D eigenvalue weighted by Gasteiger charge is -2.35. The van der Waals surface area contributed by atoms with E-state index < -0.39 is 0 Å². The third-order valence-electron chi connectivity index (χ3n) is 4.91. The van der Waals surface area contributed by atoms with E-state index in [4.69, 9.17) is 9.47 Å². The van der Waals surface area contributed by atoms with Gasteiger partial charge in [-0.3, -0.25) is 10.00 Å². The van der Waals surface area contributed by atoms with E-state index in [9.17, 15) is 0 Å². The molecule has 0 saturated carbocycles. The quantitative estimate of drug-likeness (QED) is 0.773. The minimum absolute atomic E-state index is 0. The molecule has 1 aromatic carbocycles. The highest BCUT2D eigenvalue weighted by molar-refractivity contribution is 5.85. The molecule has 1 aliphatic heterocycles. The predicted octanol–water partition coefficient (Wildman–Crippen LogP) is 2.62. The Bertz CT molecular complexity index is 649. The van der Waals surface area contributed by atoms with E-state index in [1.807, 2.05) is 19.1 Å². The van der Waals surface area contributed by atoms with Crippen LogP contribution in [0.2, 0.25) is 0 Å². The molecule has 1 atom stereocenters. The molecule has 2 heterocycles. The third kappa shape index (κ3) is 4.98. The summed E-state index contributed by atoms with van der Waals surface area (Å²) in [6.45, 7) is 9.34. The Morgan fingerprint density at radius 1 is 1.23 bits per heavy atom. The van der Waals surface area contributed by atoms with Crippen LogP contribution in [0.5, 0.6) is 5.75 Å². The normalized spacial score (nSPS) is 16.1. The average Bonchev–Trinajstić information content (AvgIpc) is 2.98. The summed E-state index contributed by atoms with van der Waals surface area (Å²) in [6, 6.07) is 8.71. The molecule has 6 nitrogen and oxygen atoms in total. The standard InChI is InChI=1S/C19H28N4O2.ClH/c1-14-18(15(2)22-21-14)12-20-13-19(23-8-10-25-11-9-23)16-4-6-17(24-3)7-5-16;/h4-7,19-20H,8-13H2,1-3H3,(H,21,22);1H. The van der Waals surface area contributed by atoms with Gasteiger partial charge in [-0.25, -0.2) is 0 Å². The van der Waals surface area contributed by atoms with Crippen molar-refractivity contribution < 1.29 is 9.47 Å². The van der Waals surface area contributed by atoms with Crippen LogP contribution in [-0.4, -0.2) is 55.1 Å². The van der Waals surface area contributed by atoms with Gasteiger partial charge in [-0.15, -0.1) is 12.4 Å². The summed E-state index contributed by atoms with van der Waals surface area (Å²) in [5.74, 6) is 0.891. The largest absolute Gasteiger partial charge is 0.497 e. The molecule has 0 spiro atoms. The van der Waals surface area contributed by atoms with Crippen LogP contribution in [0.25, 0.3) is 0 Å². The van der Waals surface area contributed by atoms with E-state index in [0.29, 0.717) is 6.04 Å². The second kappa shape index (κ2) is 9.92. The lowest BCUT2D eigenvalue weighted by molar-refractivity contribution is 0.0161. The van der Waals surface area contributed by atoms with Crippen molar-refractivity contribution in [1.82, 2.24) is 20.4 Å². The van der Waals surface area contributed by atoms with Crippen molar-refractivity contribution in [3.05, 3.63) is 46.8 Å². The van der Waals surface area contributed by atoms with Gasteiger partial charge in [-0.05, 0) is 31.5 Å². The van der Waals surface area contributed by atoms with Gasteiger partial charge in [0.25, 0.3) is 0 Å². The Morgan fingerprint density at radius 3 is 2.50 bits per heavy atom. The van der Waals surface area contributed by atoms with Crippen molar-refractivity contribution in [2.24, 2.45) is 0 Å². The summed E-state index contributed by atoms with van der Waals surface area (Å²) in [4.78, 5) is 2.49. The average molecular weight is 381 g/mol. The van der Waals surface area contributed by atoms with Gasteiger partial charge in [0.1, 0.15) is 5.75 Å². The number of nitrogens with one attached hydrogen (secondary N) is 2. The van der Waals surface area contributed by atoms with Crippen molar-refractivity contribution >= 4 is 12.4 Å². The van der Waals surface area contributed by atoms with E-state index in [0.717, 1.165) is 56.5 Å². The van der Waals surface area contributed by atoms with Crippen LogP contribution in [0.1, 0.15) is 28.6 Å². The predicted molar refractivity (Wildman–Crippen MR) is 105 cm³/mol. The Morgan fingerprint density at radius 2 is 1.92 bits per heavy atom. The van der Waals surface area contributed by atoms with E-state index >= 15 is 0 Å². The van der Waals surface area contributed by atoms with Gasteiger partial charge in [0.15, 0.2) is 0 Å². The number of hydrogen-bond donors (Lipinski definition) is 2. The fraction of sp³-hybridized carbons (Fsp3) is 0.526. The van der Waals surface area contributed by atoms with Crippen molar-refractivity contribution in [3.63, 3.8) is 0 Å². The fourth-order valence-electron chi connectivity index (χ4n) is 3.34. The van der Waals surface area contributed by atoms with Gasteiger partial charge in [0.2, 0.25) is 0 Å². The maximum absolute atomic E-state index is 5.52. The number of ether oxygens (including phenoxy) is 2. The Kier molecular flexibility index (Phi) is 7.90. The van der Waals surface area contributed by atoms with Gasteiger partial charge in [-0.1, -0.05) is 12.1 Å². The van der Waals surface area contributed by atoms with Crippen LogP contribution in [0.4, 0.5) is 0 Å². The topological polar surface area (TPSA) is 62.4 Å². The molecule has 1 unspecified atom stereocenters. The van der Waals surface area contributed by atoms with E-state index in [1.54, 1.807) is 7.11 Å². The zero-order valence-electron chi connectivity index (χ0n) is 15.7. The van der Waals surface area contributed by atoms with Crippen molar-refractivity contribution in [3.8, 4) is 5.75 Å². The summed E-state index contributed by atoms with van der Waals surface area (Å²) in [5.41, 5.74) is 4.76. The summed E-state index contributed by atoms with van der Waals surface area (Å²) < 4.78 is 10.8. The first-order valence-electron chi connectivity index (χ1n) is 8.86. The second-order valence-electron chi connectivity index (χ2n) is 6.48. The number of halogens is 1. The molecule has 1 aromatic heterocycles. The summed E-state index contributed by atoms with van der Waals surface area (Å²) in [6.07, 6.45) is 0. The minimum atomic E-state index is 0. The van der Waals surface area contributed by atoms with Gasteiger partial charge >= 0.3 is 0 Å². The Hall–Kier alpha value is -1.60. The maximum Gasteiger partial charge on any atom is 0.118 e. The highest BCUT2D eigenvalue weighted by Gasteiger charge is 2.22. The highest BCUT2D eigenvalue weighted by atomic mass is 35.5. The molecule has 144 valence electrons. The summed E-state index contributed by atoms with van der Waals surface area (Å²) in [5, 5.41) is 10.9. The lowest BCUT2D eigenvalue weighted by Crippen LogP contribution is -2.42. The number of hydrogen-bond acceptors (Lipinski definition) is 5. The molecule has 2 N–H and O–H groups in total. The number of aryl methyl sites for hydroxylation is 2. The molecular formula is C19H29ClN4O2. The number of benzene rings is 1. The molecule has 0 bridgehead atoms. The fourth-order valence-corrected chi connectivity index (χ4v) is 3.34. The number of aromatic amines is 1. The monoisotopic (exact) mass is 380 g/mol. The summed E-state index contributed by atoms with van der Waals surface area (Å²) in [7, 11) is 1.70. The molecule has 1 fully saturated rings. The summed E-state index contributed by atoms with van der Waals surface area (Å²) >= 11 is 0. The van der Waals surface area contributed by atoms with Crippen LogP contribution < -0.4 is 10.1 Å². The molecule has 0 amide bonds. The van der Waals surface area contributed by atoms with E-state index in [1.165, 1.54) is 11.1 Å². The SMILES string of the molecule is COc1ccc(C(CNCc2c(C)n[nH]c2C)N2CCOCC2)cc1.Cl. The van der Waals surface area contributed by atoms with Crippen LogP contribution in [0.3, 0.4) is 0 Å². The molecule has 3 rings (SSSR count). The van der Waals surface area contributed by atoms with Gasteiger partial charge in [-0.2, -0.15) is 5.10 Å². The van der Waals surface area contributed by atoms with E-state index in [-0.39, 0.29) is 12.4 Å². The van der Waals surface area contributed by atoms with Gasteiger partial charge < -0.3 is 14.8 Å². The number of nitrogens with zero attached hydrogens (tertiary/aromatic N) is 2. The van der Waals surface area contributed by atoms with Crippen LogP contribution >= 0.6 is 12.4 Å². The molecule has 2 aromatic rings. The molecule has 0 radical (unpaired) electrons. The minimum Gasteiger partial charge on any atom is -0.497 e. The first-order valence-corrected chi connectivity index (χ1v) is 8.86. The molecular weight excluding hydrogens is 352 g/mol. The number of rotatable bonds is 7. The molecule has 7 heteroatoms. The number of H-pyrrole nitrogens is 1. The van der Waals surface area contributed by atoms with Crippen molar-refractivity contribution in [1.29, 1.82) is 0 Å². The van der Waals surface area contributed by atoms with Gasteiger partial charge in [0.05, 0.1) is 26.0 Å². The van der Waals surface area contributed by atoms with Crippen molar-refractivity contribution in [2.75, 3.05) is 40.0 Å². The molecule has 0 aliphatic carbocycles. The van der Waals surface area contributed by atoms with Crippen LogP contribution in [-0.2, 0) is 11.3 Å². The number of morpholine rings is 1. The Labute approximate surface area is 161 Å².